The number of benzene rings is 2. The van der Waals surface area contributed by atoms with Crippen molar-refractivity contribution in [1.29, 1.82) is 0 Å². The lowest BCUT2D eigenvalue weighted by atomic mass is 10.1. The van der Waals surface area contributed by atoms with E-state index >= 15 is 0 Å². The average molecular weight is 341 g/mol. The molecule has 0 aliphatic heterocycles. The van der Waals surface area contributed by atoms with Gasteiger partial charge in [0.1, 0.15) is 5.82 Å². The summed E-state index contributed by atoms with van der Waals surface area (Å²) in [5.41, 5.74) is 7.70. The Morgan fingerprint density at radius 1 is 1.24 bits per heavy atom. The van der Waals surface area contributed by atoms with Crippen molar-refractivity contribution in [3.8, 4) is 11.4 Å². The van der Waals surface area contributed by atoms with Crippen molar-refractivity contribution < 1.29 is 18.4 Å². The number of carbonyl (C=O) groups is 1. The van der Waals surface area contributed by atoms with E-state index in [0.29, 0.717) is 5.82 Å². The summed E-state index contributed by atoms with van der Waals surface area (Å²) in [5, 5.41) is 3.87. The number of hydrogen-bond acceptors (Lipinski definition) is 6. The van der Waals surface area contributed by atoms with Crippen LogP contribution in [0.2, 0.25) is 0 Å². The molecule has 0 aliphatic carbocycles. The third kappa shape index (κ3) is 3.82. The summed E-state index contributed by atoms with van der Waals surface area (Å²) in [6.07, 6.45) is 0.945. The van der Waals surface area contributed by atoms with E-state index in [1.165, 1.54) is 11.6 Å². The maximum Gasteiger partial charge on any atom is 0.340 e. The number of halogens is 1. The fourth-order valence-corrected chi connectivity index (χ4v) is 2.24. The lowest BCUT2D eigenvalue weighted by molar-refractivity contribution is 0.0431. The smallest absolute Gasteiger partial charge is 0.340 e. The molecule has 2 N–H and O–H groups in total. The van der Waals surface area contributed by atoms with Crippen molar-refractivity contribution in [2.75, 3.05) is 5.73 Å². The molecule has 1 aromatic heterocycles. The van der Waals surface area contributed by atoms with Crippen LogP contribution in [0.4, 0.5) is 10.1 Å². The number of nitrogens with zero attached hydrogens (tertiary/aromatic N) is 2. The highest BCUT2D eigenvalue weighted by atomic mass is 19.1. The van der Waals surface area contributed by atoms with E-state index in [1.54, 1.807) is 0 Å². The Balaban J connectivity index is 1.66. The van der Waals surface area contributed by atoms with Crippen molar-refractivity contribution in [2.45, 2.75) is 20.0 Å². The Morgan fingerprint density at radius 3 is 2.68 bits per heavy atom. The zero-order chi connectivity index (χ0) is 17.8. The number of esters is 1. The highest BCUT2D eigenvalue weighted by molar-refractivity contribution is 5.94. The molecule has 0 fully saturated rings. The van der Waals surface area contributed by atoms with Crippen molar-refractivity contribution in [2.24, 2.45) is 0 Å². The topological polar surface area (TPSA) is 91.2 Å². The number of rotatable bonds is 5. The van der Waals surface area contributed by atoms with Gasteiger partial charge in [0.2, 0.25) is 5.82 Å². The van der Waals surface area contributed by atoms with Gasteiger partial charge < -0.3 is 15.0 Å². The van der Waals surface area contributed by atoms with Gasteiger partial charge >= 0.3 is 5.97 Å². The van der Waals surface area contributed by atoms with Gasteiger partial charge in [-0.25, -0.2) is 9.18 Å². The standard InChI is InChI=1S/C18H16FN3O3/c1-2-11-3-5-12(6-4-11)17-21-16(25-22-17)10-24-18(23)14-8-7-13(19)9-15(14)20/h3-9H,2,10,20H2,1H3. The van der Waals surface area contributed by atoms with Crippen LogP contribution < -0.4 is 5.73 Å². The maximum atomic E-state index is 13.0. The molecule has 0 unspecified atom stereocenters. The van der Waals surface area contributed by atoms with Crippen molar-refractivity contribution in [3.05, 3.63) is 65.3 Å². The van der Waals surface area contributed by atoms with Crippen LogP contribution in [-0.2, 0) is 17.8 Å². The second-order valence-electron chi connectivity index (χ2n) is 5.37. The van der Waals surface area contributed by atoms with Gasteiger partial charge in [0.25, 0.3) is 5.89 Å². The Hall–Kier alpha value is -3.22. The average Bonchev–Trinajstić information content (AvgIpc) is 3.09. The summed E-state index contributed by atoms with van der Waals surface area (Å²) in [6, 6.07) is 11.2. The summed E-state index contributed by atoms with van der Waals surface area (Å²) < 4.78 is 23.2. The fraction of sp³-hybridized carbons (Fsp3) is 0.167. The maximum absolute atomic E-state index is 13.0. The molecule has 0 saturated heterocycles. The van der Waals surface area contributed by atoms with Crippen molar-refractivity contribution in [3.63, 3.8) is 0 Å². The lowest BCUT2D eigenvalue weighted by Gasteiger charge is -2.04. The quantitative estimate of drug-likeness (QED) is 0.565. The molecule has 0 atom stereocenters. The minimum atomic E-state index is -0.690. The van der Waals surface area contributed by atoms with Gasteiger partial charge in [-0.3, -0.25) is 0 Å². The molecule has 25 heavy (non-hydrogen) atoms. The molecular formula is C18H16FN3O3. The first-order chi connectivity index (χ1) is 12.1. The largest absolute Gasteiger partial charge is 0.452 e. The van der Waals surface area contributed by atoms with Gasteiger partial charge in [0, 0.05) is 11.3 Å². The van der Waals surface area contributed by atoms with Crippen molar-refractivity contribution in [1.82, 2.24) is 10.1 Å². The van der Waals surface area contributed by atoms with Crippen molar-refractivity contribution >= 4 is 11.7 Å². The van der Waals surface area contributed by atoms with Gasteiger partial charge in [-0.2, -0.15) is 4.98 Å². The molecule has 6 nitrogen and oxygen atoms in total. The SMILES string of the molecule is CCc1ccc(-c2noc(COC(=O)c3ccc(F)cc3N)n2)cc1. The molecule has 0 amide bonds. The molecule has 1 heterocycles. The van der Waals surface area contributed by atoms with Crippen LogP contribution in [0, 0.1) is 5.82 Å². The number of nitrogen functional groups attached to an aromatic ring is 1. The van der Waals surface area contributed by atoms with E-state index in [2.05, 4.69) is 17.1 Å². The predicted octanol–water partition coefficient (Wildman–Crippen LogP) is 3.38. The predicted molar refractivity (Wildman–Crippen MR) is 89.0 cm³/mol. The Bertz CT molecular complexity index is 891. The minimum absolute atomic E-state index is 0.00670. The van der Waals surface area contributed by atoms with E-state index in [-0.39, 0.29) is 23.7 Å². The summed E-state index contributed by atoms with van der Waals surface area (Å²) >= 11 is 0. The molecular weight excluding hydrogens is 325 g/mol. The highest BCUT2D eigenvalue weighted by Crippen LogP contribution is 2.18. The molecule has 3 aromatic rings. The Kier molecular flexibility index (Phi) is 4.74. The van der Waals surface area contributed by atoms with Gasteiger partial charge in [0.15, 0.2) is 6.61 Å². The van der Waals surface area contributed by atoms with E-state index in [0.717, 1.165) is 24.1 Å². The zero-order valence-electron chi connectivity index (χ0n) is 13.5. The molecule has 0 bridgehead atoms. The van der Waals surface area contributed by atoms with Crippen LogP contribution in [0.5, 0.6) is 0 Å². The second-order valence-corrected chi connectivity index (χ2v) is 5.37. The number of aryl methyl sites for hydroxylation is 1. The number of anilines is 1. The number of aromatic nitrogens is 2. The van der Waals surface area contributed by atoms with Gasteiger partial charge in [0.05, 0.1) is 5.56 Å². The molecule has 0 aliphatic rings. The Morgan fingerprint density at radius 2 is 2.00 bits per heavy atom. The molecule has 0 radical (unpaired) electrons. The molecule has 128 valence electrons. The number of hydrogen-bond donors (Lipinski definition) is 1. The number of nitrogens with two attached hydrogens (primary N) is 1. The van der Waals surface area contributed by atoms with Crippen LogP contribution in [-0.4, -0.2) is 16.1 Å². The third-order valence-corrected chi connectivity index (χ3v) is 3.65. The number of carbonyl (C=O) groups excluding carboxylic acids is 1. The minimum Gasteiger partial charge on any atom is -0.452 e. The first kappa shape index (κ1) is 16.6. The summed E-state index contributed by atoms with van der Waals surface area (Å²) in [7, 11) is 0. The van der Waals surface area contributed by atoms with E-state index in [4.69, 9.17) is 15.0 Å². The van der Waals surface area contributed by atoms with Crippen LogP contribution >= 0.6 is 0 Å². The number of ether oxygens (including phenoxy) is 1. The van der Waals surface area contributed by atoms with Gasteiger partial charge in [-0.15, -0.1) is 0 Å². The van der Waals surface area contributed by atoms with Crippen LogP contribution in [0.15, 0.2) is 47.0 Å². The van der Waals surface area contributed by atoms with E-state index < -0.39 is 11.8 Å². The highest BCUT2D eigenvalue weighted by Gasteiger charge is 2.15. The molecule has 7 heteroatoms. The molecule has 0 saturated carbocycles. The zero-order valence-corrected chi connectivity index (χ0v) is 13.5. The summed E-state index contributed by atoms with van der Waals surface area (Å²) in [4.78, 5) is 16.2. The fourth-order valence-electron chi connectivity index (χ4n) is 2.24. The molecule has 2 aromatic carbocycles. The monoisotopic (exact) mass is 341 g/mol. The lowest BCUT2D eigenvalue weighted by Crippen LogP contribution is -2.08. The summed E-state index contributed by atoms with van der Waals surface area (Å²) in [6.45, 7) is 1.87. The summed E-state index contributed by atoms with van der Waals surface area (Å²) in [5.74, 6) is -0.646. The van der Waals surface area contributed by atoms with Crippen LogP contribution in [0.3, 0.4) is 0 Å². The van der Waals surface area contributed by atoms with Gasteiger partial charge in [-0.05, 0) is 30.2 Å². The van der Waals surface area contributed by atoms with Crippen LogP contribution in [0.25, 0.3) is 11.4 Å². The van der Waals surface area contributed by atoms with E-state index in [9.17, 15) is 9.18 Å². The first-order valence-electron chi connectivity index (χ1n) is 7.71. The normalized spacial score (nSPS) is 10.6. The molecule has 0 spiro atoms. The Labute approximate surface area is 143 Å². The van der Waals surface area contributed by atoms with Crippen LogP contribution in [0.1, 0.15) is 28.7 Å². The molecule has 3 rings (SSSR count). The third-order valence-electron chi connectivity index (χ3n) is 3.65. The van der Waals surface area contributed by atoms with E-state index in [1.807, 2.05) is 24.3 Å². The van der Waals surface area contributed by atoms with Gasteiger partial charge in [-0.1, -0.05) is 36.3 Å². The first-order valence-corrected chi connectivity index (χ1v) is 7.71. The second kappa shape index (κ2) is 7.12.